The third kappa shape index (κ3) is 4.22. The van der Waals surface area contributed by atoms with Crippen molar-refractivity contribution in [3.63, 3.8) is 0 Å². The quantitative estimate of drug-likeness (QED) is 0.609. The van der Waals surface area contributed by atoms with E-state index in [1.807, 2.05) is 36.4 Å². The Bertz CT molecular complexity index is 1200. The number of hydrogen-bond acceptors (Lipinski definition) is 5. The molecule has 160 valence electrons. The molecule has 0 fully saturated rings. The van der Waals surface area contributed by atoms with Gasteiger partial charge in [0.2, 0.25) is 0 Å². The van der Waals surface area contributed by atoms with Gasteiger partial charge in [-0.3, -0.25) is 15.0 Å². The van der Waals surface area contributed by atoms with Gasteiger partial charge >= 0.3 is 0 Å². The highest BCUT2D eigenvalue weighted by Gasteiger charge is 2.33. The number of amidine groups is 1. The molecule has 1 aliphatic rings. The van der Waals surface area contributed by atoms with Crippen LogP contribution in [-0.4, -0.2) is 36.9 Å². The number of methoxy groups -OCH3 is 2. The lowest BCUT2D eigenvalue weighted by atomic mass is 10.1. The molecule has 7 heteroatoms. The molecule has 4 rings (SSSR count). The molecule has 0 radical (unpaired) electrons. The van der Waals surface area contributed by atoms with Crippen molar-refractivity contribution in [2.75, 3.05) is 14.2 Å². The molecule has 0 unspecified atom stereocenters. The molecule has 0 saturated heterocycles. The lowest BCUT2D eigenvalue weighted by Gasteiger charge is -2.19. The number of nitrogens with one attached hydrogen (secondary N) is 1. The van der Waals surface area contributed by atoms with Crippen molar-refractivity contribution in [3.8, 4) is 11.5 Å². The first-order chi connectivity index (χ1) is 15.6. The highest BCUT2D eigenvalue weighted by molar-refractivity contribution is 6.20. The molecule has 1 aliphatic heterocycles. The van der Waals surface area contributed by atoms with Gasteiger partial charge in [-0.05, 0) is 35.9 Å². The van der Waals surface area contributed by atoms with E-state index < -0.39 is 11.8 Å². The Kier molecular flexibility index (Phi) is 5.98. The van der Waals surface area contributed by atoms with Crippen molar-refractivity contribution < 1.29 is 19.1 Å². The number of hydrogen-bond donors (Lipinski definition) is 1. The highest BCUT2D eigenvalue weighted by atomic mass is 16.5. The van der Waals surface area contributed by atoms with Gasteiger partial charge in [-0.15, -0.1) is 0 Å². The SMILES string of the molecule is COc1ccc(C=C2N=C(c3ccccc3)N(NC(=O)c3ccccc3)C2=O)cc1OC. The van der Waals surface area contributed by atoms with Gasteiger partial charge in [0.1, 0.15) is 5.70 Å². The predicted octanol–water partition coefficient (Wildman–Crippen LogP) is 3.68. The Morgan fingerprint density at radius 3 is 2.22 bits per heavy atom. The Morgan fingerprint density at radius 1 is 0.906 bits per heavy atom. The summed E-state index contributed by atoms with van der Waals surface area (Å²) in [6, 6.07) is 23.2. The van der Waals surface area contributed by atoms with Crippen molar-refractivity contribution in [1.29, 1.82) is 0 Å². The molecule has 0 bridgehead atoms. The maximum absolute atomic E-state index is 13.2. The van der Waals surface area contributed by atoms with Gasteiger partial charge in [-0.25, -0.2) is 4.99 Å². The van der Waals surface area contributed by atoms with E-state index in [0.717, 1.165) is 0 Å². The number of carbonyl (C=O) groups excluding carboxylic acids is 2. The van der Waals surface area contributed by atoms with Gasteiger partial charge in [-0.1, -0.05) is 54.6 Å². The molecule has 0 aromatic heterocycles. The summed E-state index contributed by atoms with van der Waals surface area (Å²) in [4.78, 5) is 30.5. The molecule has 0 saturated carbocycles. The minimum atomic E-state index is -0.442. The number of nitrogens with zero attached hydrogens (tertiary/aromatic N) is 2. The predicted molar refractivity (Wildman–Crippen MR) is 121 cm³/mol. The van der Waals surface area contributed by atoms with Crippen LogP contribution in [0.4, 0.5) is 0 Å². The van der Waals surface area contributed by atoms with Crippen LogP contribution in [0.2, 0.25) is 0 Å². The van der Waals surface area contributed by atoms with E-state index in [1.54, 1.807) is 62.8 Å². The molecule has 3 aromatic carbocycles. The minimum absolute atomic E-state index is 0.185. The first-order valence-corrected chi connectivity index (χ1v) is 9.89. The molecule has 2 amide bonds. The molecule has 32 heavy (non-hydrogen) atoms. The zero-order valence-corrected chi connectivity index (χ0v) is 17.6. The lowest BCUT2D eigenvalue weighted by molar-refractivity contribution is -0.124. The Labute approximate surface area is 185 Å². The second kappa shape index (κ2) is 9.18. The molecule has 0 atom stereocenters. The maximum atomic E-state index is 13.2. The second-order valence-electron chi connectivity index (χ2n) is 6.89. The summed E-state index contributed by atoms with van der Waals surface area (Å²) in [5.41, 5.74) is 4.70. The fraction of sp³-hybridized carbons (Fsp3) is 0.0800. The van der Waals surface area contributed by atoms with Crippen LogP contribution in [0, 0.1) is 0 Å². The molecular weight excluding hydrogens is 406 g/mol. The number of rotatable bonds is 6. The van der Waals surface area contributed by atoms with Gasteiger partial charge in [-0.2, -0.15) is 5.01 Å². The maximum Gasteiger partial charge on any atom is 0.297 e. The minimum Gasteiger partial charge on any atom is -0.493 e. The summed E-state index contributed by atoms with van der Waals surface area (Å²) in [5, 5.41) is 1.18. The summed E-state index contributed by atoms with van der Waals surface area (Å²) in [5.74, 6) is 0.607. The van der Waals surface area contributed by atoms with E-state index in [4.69, 9.17) is 9.47 Å². The number of benzene rings is 3. The summed E-state index contributed by atoms with van der Waals surface area (Å²) < 4.78 is 10.6. The summed E-state index contributed by atoms with van der Waals surface area (Å²) in [6.45, 7) is 0. The van der Waals surface area contributed by atoms with E-state index in [1.165, 1.54) is 5.01 Å². The van der Waals surface area contributed by atoms with E-state index in [-0.39, 0.29) is 5.70 Å². The van der Waals surface area contributed by atoms with Gasteiger partial charge in [0.15, 0.2) is 17.3 Å². The van der Waals surface area contributed by atoms with Gasteiger partial charge in [0, 0.05) is 11.1 Å². The summed E-state index contributed by atoms with van der Waals surface area (Å²) in [7, 11) is 3.10. The standard InChI is InChI=1S/C25H21N3O4/c1-31-21-14-13-17(16-22(21)32-2)15-20-25(30)28(23(26-20)18-9-5-3-6-10-18)27-24(29)19-11-7-4-8-12-19/h3-16H,1-2H3,(H,27,29). The van der Waals surface area contributed by atoms with Crippen LogP contribution in [0.25, 0.3) is 6.08 Å². The molecule has 1 N–H and O–H groups in total. The lowest BCUT2D eigenvalue weighted by Crippen LogP contribution is -2.47. The van der Waals surface area contributed by atoms with Crippen LogP contribution in [0.5, 0.6) is 11.5 Å². The first-order valence-electron chi connectivity index (χ1n) is 9.89. The Hall–Kier alpha value is -4.39. The zero-order chi connectivity index (χ0) is 22.5. The van der Waals surface area contributed by atoms with Crippen LogP contribution >= 0.6 is 0 Å². The molecule has 0 spiro atoms. The van der Waals surface area contributed by atoms with Gasteiger partial charge < -0.3 is 9.47 Å². The summed E-state index contributed by atoms with van der Waals surface area (Å²) >= 11 is 0. The number of carbonyl (C=O) groups is 2. The van der Waals surface area contributed by atoms with Gasteiger partial charge in [0.05, 0.1) is 14.2 Å². The number of amides is 2. The molecule has 1 heterocycles. The van der Waals surface area contributed by atoms with Crippen molar-refractivity contribution in [1.82, 2.24) is 10.4 Å². The monoisotopic (exact) mass is 427 g/mol. The van der Waals surface area contributed by atoms with Crippen LogP contribution in [-0.2, 0) is 4.79 Å². The van der Waals surface area contributed by atoms with Crippen molar-refractivity contribution in [3.05, 3.63) is 101 Å². The van der Waals surface area contributed by atoms with Crippen LogP contribution in [0.1, 0.15) is 21.5 Å². The average molecular weight is 427 g/mol. The Morgan fingerprint density at radius 2 is 1.56 bits per heavy atom. The van der Waals surface area contributed by atoms with Crippen LogP contribution < -0.4 is 14.9 Å². The third-order valence-corrected chi connectivity index (χ3v) is 4.85. The molecule has 7 nitrogen and oxygen atoms in total. The molecule has 3 aromatic rings. The number of ether oxygens (including phenoxy) is 2. The van der Waals surface area contributed by atoms with E-state index in [2.05, 4.69) is 10.4 Å². The van der Waals surface area contributed by atoms with Gasteiger partial charge in [0.25, 0.3) is 11.8 Å². The second-order valence-corrected chi connectivity index (χ2v) is 6.89. The van der Waals surface area contributed by atoms with Crippen LogP contribution in [0.15, 0.2) is 89.6 Å². The Balaban J connectivity index is 1.70. The first kappa shape index (κ1) is 20.9. The largest absolute Gasteiger partial charge is 0.493 e. The fourth-order valence-corrected chi connectivity index (χ4v) is 3.26. The topological polar surface area (TPSA) is 80.2 Å². The molecular formula is C25H21N3O4. The van der Waals surface area contributed by atoms with E-state index in [0.29, 0.717) is 34.0 Å². The number of hydrazine groups is 1. The highest BCUT2D eigenvalue weighted by Crippen LogP contribution is 2.29. The zero-order valence-electron chi connectivity index (χ0n) is 17.6. The average Bonchev–Trinajstić information content (AvgIpc) is 3.15. The van der Waals surface area contributed by atoms with Crippen molar-refractivity contribution >= 4 is 23.7 Å². The molecule has 0 aliphatic carbocycles. The van der Waals surface area contributed by atoms with Crippen molar-refractivity contribution in [2.45, 2.75) is 0 Å². The third-order valence-electron chi connectivity index (χ3n) is 4.85. The van der Waals surface area contributed by atoms with Crippen LogP contribution in [0.3, 0.4) is 0 Å². The smallest absolute Gasteiger partial charge is 0.297 e. The summed E-state index contributed by atoms with van der Waals surface area (Å²) in [6.07, 6.45) is 1.64. The normalized spacial score (nSPS) is 14.3. The van der Waals surface area contributed by atoms with E-state index in [9.17, 15) is 9.59 Å². The number of aliphatic imine (C=N–C) groups is 1. The van der Waals surface area contributed by atoms with Crippen molar-refractivity contribution in [2.24, 2.45) is 4.99 Å². The fourth-order valence-electron chi connectivity index (χ4n) is 3.26. The van der Waals surface area contributed by atoms with E-state index >= 15 is 0 Å².